The molecule has 38 heavy (non-hydrogen) atoms. The summed E-state index contributed by atoms with van der Waals surface area (Å²) in [6.07, 6.45) is 9.44. The smallest absolute Gasteiger partial charge is 0.174 e. The van der Waals surface area contributed by atoms with Gasteiger partial charge in [0.1, 0.15) is 0 Å². The van der Waals surface area contributed by atoms with Crippen LogP contribution in [0.1, 0.15) is 86.2 Å². The second kappa shape index (κ2) is 10.5. The van der Waals surface area contributed by atoms with Crippen LogP contribution in [0.15, 0.2) is 48.7 Å². The van der Waals surface area contributed by atoms with Gasteiger partial charge in [0.15, 0.2) is 5.11 Å². The SMILES string of the molecule is Cc1cc([C@H]2[C@H](c3ccccn3)NC(=S)N2c2ccc(N3CCC(C)CC3)c(Cl)c2)c(C)n1C1CCCC1. The number of anilines is 2. The Kier molecular flexibility index (Phi) is 7.12. The van der Waals surface area contributed by atoms with Crippen LogP contribution in [0.4, 0.5) is 11.4 Å². The number of halogens is 1. The van der Waals surface area contributed by atoms with Gasteiger partial charge in [-0.15, -0.1) is 0 Å². The van der Waals surface area contributed by atoms with Crippen molar-refractivity contribution in [2.75, 3.05) is 22.9 Å². The Bertz CT molecular complexity index is 1310. The van der Waals surface area contributed by atoms with Crippen molar-refractivity contribution in [1.82, 2.24) is 14.9 Å². The molecule has 1 saturated carbocycles. The summed E-state index contributed by atoms with van der Waals surface area (Å²) in [7, 11) is 0. The third-order valence-electron chi connectivity index (χ3n) is 8.96. The number of nitrogens with one attached hydrogen (secondary N) is 1. The van der Waals surface area contributed by atoms with Gasteiger partial charge < -0.3 is 19.7 Å². The van der Waals surface area contributed by atoms with Gasteiger partial charge in [-0.25, -0.2) is 0 Å². The van der Waals surface area contributed by atoms with Crippen LogP contribution in [0, 0.1) is 19.8 Å². The van der Waals surface area contributed by atoms with E-state index in [0.717, 1.165) is 41.1 Å². The third-order valence-corrected chi connectivity index (χ3v) is 9.58. The lowest BCUT2D eigenvalue weighted by molar-refractivity contribution is 0.438. The molecule has 3 aromatic rings. The van der Waals surface area contributed by atoms with E-state index in [2.05, 4.69) is 76.9 Å². The van der Waals surface area contributed by atoms with E-state index in [1.54, 1.807) is 0 Å². The van der Waals surface area contributed by atoms with Crippen molar-refractivity contribution < 1.29 is 0 Å². The zero-order valence-corrected chi connectivity index (χ0v) is 24.2. The molecule has 0 spiro atoms. The molecule has 4 heterocycles. The van der Waals surface area contributed by atoms with Gasteiger partial charge in [-0.2, -0.15) is 0 Å². The fraction of sp³-hybridized carbons (Fsp3) is 0.484. The van der Waals surface area contributed by atoms with Gasteiger partial charge in [0.2, 0.25) is 0 Å². The number of nitrogens with zero attached hydrogens (tertiary/aromatic N) is 4. The topological polar surface area (TPSA) is 36.3 Å². The highest BCUT2D eigenvalue weighted by molar-refractivity contribution is 7.80. The lowest BCUT2D eigenvalue weighted by Crippen LogP contribution is -2.33. The molecule has 0 radical (unpaired) electrons. The van der Waals surface area contributed by atoms with E-state index < -0.39 is 0 Å². The number of pyridine rings is 1. The first-order valence-electron chi connectivity index (χ1n) is 14.2. The molecule has 0 unspecified atom stereocenters. The largest absolute Gasteiger partial charge is 0.370 e. The standard InChI is InChI=1S/C31H38ClN5S/c1-20-13-16-35(17-14-20)28-12-11-24(19-26(28)32)37-30(29(34-31(37)38)27-10-6-7-15-33-27)25-18-21(2)36(22(25)3)23-8-4-5-9-23/h6-7,10-12,15,18-20,23,29-30H,4-5,8-9,13-14,16-17H2,1-3H3,(H,34,38)/t29-,30-/m0/s1. The summed E-state index contributed by atoms with van der Waals surface area (Å²) in [5, 5.41) is 5.13. The summed E-state index contributed by atoms with van der Waals surface area (Å²) >= 11 is 13.0. The van der Waals surface area contributed by atoms with E-state index >= 15 is 0 Å². The Hall–Kier alpha value is -2.57. The van der Waals surface area contributed by atoms with Crippen LogP contribution in [0.2, 0.25) is 5.02 Å². The number of rotatable bonds is 5. The highest BCUT2D eigenvalue weighted by atomic mass is 35.5. The van der Waals surface area contributed by atoms with Gasteiger partial charge in [-0.05, 0) is 99.6 Å². The van der Waals surface area contributed by atoms with Crippen LogP contribution in [0.3, 0.4) is 0 Å². The molecule has 1 aliphatic carbocycles. The maximum absolute atomic E-state index is 6.97. The lowest BCUT2D eigenvalue weighted by atomic mass is 9.96. The van der Waals surface area contributed by atoms with Crippen molar-refractivity contribution in [2.45, 2.75) is 77.4 Å². The van der Waals surface area contributed by atoms with E-state index in [1.807, 2.05) is 12.3 Å². The fourth-order valence-corrected chi connectivity index (χ4v) is 7.57. The molecule has 2 atom stereocenters. The molecule has 3 fully saturated rings. The van der Waals surface area contributed by atoms with Gasteiger partial charge in [-0.3, -0.25) is 4.98 Å². The highest BCUT2D eigenvalue weighted by Gasteiger charge is 2.42. The number of aryl methyl sites for hydroxylation is 1. The van der Waals surface area contributed by atoms with Crippen LogP contribution in [-0.2, 0) is 0 Å². The van der Waals surface area contributed by atoms with Gasteiger partial charge in [0.05, 0.1) is 28.5 Å². The number of piperidine rings is 1. The monoisotopic (exact) mass is 547 g/mol. The molecular formula is C31H38ClN5S. The van der Waals surface area contributed by atoms with Gasteiger partial charge >= 0.3 is 0 Å². The zero-order chi connectivity index (χ0) is 26.4. The van der Waals surface area contributed by atoms with E-state index in [9.17, 15) is 0 Å². The van der Waals surface area contributed by atoms with Gasteiger partial charge in [0, 0.05) is 42.4 Å². The Morgan fingerprint density at radius 2 is 1.76 bits per heavy atom. The molecule has 1 N–H and O–H groups in total. The van der Waals surface area contributed by atoms with Crippen LogP contribution < -0.4 is 15.1 Å². The second-order valence-corrected chi connectivity index (χ2v) is 12.2. The Morgan fingerprint density at radius 3 is 2.45 bits per heavy atom. The summed E-state index contributed by atoms with van der Waals surface area (Å²) in [6.45, 7) is 8.98. The summed E-state index contributed by atoms with van der Waals surface area (Å²) in [5.41, 5.74) is 7.12. The third kappa shape index (κ3) is 4.60. The normalized spacial score (nSPS) is 22.9. The number of hydrogen-bond donors (Lipinski definition) is 1. The van der Waals surface area contributed by atoms with E-state index in [1.165, 1.54) is 55.5 Å². The fourth-order valence-electron chi connectivity index (χ4n) is 6.93. The number of aromatic nitrogens is 2. The summed E-state index contributed by atoms with van der Waals surface area (Å²) < 4.78 is 2.57. The molecule has 6 rings (SSSR count). The van der Waals surface area contributed by atoms with Crippen molar-refractivity contribution in [3.63, 3.8) is 0 Å². The molecule has 2 aliphatic heterocycles. The summed E-state index contributed by atoms with van der Waals surface area (Å²) in [5.74, 6) is 0.782. The van der Waals surface area contributed by atoms with Gasteiger partial charge in [-0.1, -0.05) is 37.4 Å². The minimum atomic E-state index is -0.0525. The van der Waals surface area contributed by atoms with Crippen LogP contribution in [0.25, 0.3) is 0 Å². The van der Waals surface area contributed by atoms with E-state index in [-0.39, 0.29) is 12.1 Å². The van der Waals surface area contributed by atoms with Crippen molar-refractivity contribution in [2.24, 2.45) is 5.92 Å². The minimum Gasteiger partial charge on any atom is -0.370 e. The Morgan fingerprint density at radius 1 is 1.00 bits per heavy atom. The maximum Gasteiger partial charge on any atom is 0.174 e. The lowest BCUT2D eigenvalue weighted by Gasteiger charge is -2.33. The average molecular weight is 548 g/mol. The molecule has 0 bridgehead atoms. The highest BCUT2D eigenvalue weighted by Crippen LogP contribution is 2.46. The molecule has 3 aliphatic rings. The summed E-state index contributed by atoms with van der Waals surface area (Å²) in [6, 6.07) is 15.5. The summed E-state index contributed by atoms with van der Waals surface area (Å²) in [4.78, 5) is 9.44. The van der Waals surface area contributed by atoms with Crippen LogP contribution >= 0.6 is 23.8 Å². The predicted molar refractivity (Wildman–Crippen MR) is 161 cm³/mol. The first-order valence-corrected chi connectivity index (χ1v) is 14.9. The molecular weight excluding hydrogens is 510 g/mol. The molecule has 0 amide bonds. The van der Waals surface area contributed by atoms with Crippen molar-refractivity contribution in [1.29, 1.82) is 0 Å². The van der Waals surface area contributed by atoms with Crippen LogP contribution in [0.5, 0.6) is 0 Å². The molecule has 200 valence electrons. The average Bonchev–Trinajstić information content (AvgIpc) is 3.63. The van der Waals surface area contributed by atoms with Crippen molar-refractivity contribution in [3.05, 3.63) is 76.3 Å². The molecule has 7 heteroatoms. The number of thiocarbonyl (C=S) groups is 1. The first kappa shape index (κ1) is 25.7. The number of benzene rings is 1. The maximum atomic E-state index is 6.97. The van der Waals surface area contributed by atoms with Crippen molar-refractivity contribution in [3.8, 4) is 0 Å². The molecule has 5 nitrogen and oxygen atoms in total. The quantitative estimate of drug-likeness (QED) is 0.331. The molecule has 2 saturated heterocycles. The van der Waals surface area contributed by atoms with E-state index in [4.69, 9.17) is 28.8 Å². The van der Waals surface area contributed by atoms with Crippen LogP contribution in [-0.4, -0.2) is 27.8 Å². The number of hydrogen-bond acceptors (Lipinski definition) is 3. The van der Waals surface area contributed by atoms with Crippen molar-refractivity contribution >= 4 is 40.3 Å². The first-order chi connectivity index (χ1) is 18.4. The second-order valence-electron chi connectivity index (χ2n) is 11.4. The minimum absolute atomic E-state index is 0.0171. The van der Waals surface area contributed by atoms with E-state index in [0.29, 0.717) is 11.2 Å². The van der Waals surface area contributed by atoms with Gasteiger partial charge in [0.25, 0.3) is 0 Å². The molecule has 1 aromatic carbocycles. The molecule has 2 aromatic heterocycles. The predicted octanol–water partition coefficient (Wildman–Crippen LogP) is 7.68. The Labute approximate surface area is 237 Å². The zero-order valence-electron chi connectivity index (χ0n) is 22.7. The Balaban J connectivity index is 1.41.